The minimum absolute atomic E-state index is 0.0295. The topological polar surface area (TPSA) is 124 Å². The van der Waals surface area contributed by atoms with E-state index in [9.17, 15) is 23.3 Å². The van der Waals surface area contributed by atoms with Crippen LogP contribution >= 0.6 is 22.9 Å². The summed E-state index contributed by atoms with van der Waals surface area (Å²) < 4.78 is 35.0. The number of nitro benzene ring substituents is 1. The van der Waals surface area contributed by atoms with Gasteiger partial charge in [0.25, 0.3) is 11.6 Å². The van der Waals surface area contributed by atoms with Crippen molar-refractivity contribution in [1.29, 1.82) is 0 Å². The Morgan fingerprint density at radius 1 is 1.29 bits per heavy atom. The Morgan fingerprint density at radius 3 is 2.71 bits per heavy atom. The van der Waals surface area contributed by atoms with Crippen LogP contribution in [-0.2, 0) is 26.1 Å². The van der Waals surface area contributed by atoms with Crippen LogP contribution in [0, 0.1) is 16.0 Å². The fourth-order valence-corrected chi connectivity index (χ4v) is 6.71. The van der Waals surface area contributed by atoms with E-state index in [2.05, 4.69) is 4.99 Å². The number of benzene rings is 2. The number of hydrogen-bond donors (Lipinski definition) is 0. The Hall–Kier alpha value is -2.64. The normalized spacial score (nSPS) is 17.7. The molecule has 3 aromatic rings. The lowest BCUT2D eigenvalue weighted by atomic mass is 9.99. The summed E-state index contributed by atoms with van der Waals surface area (Å²) in [4.78, 5) is 28.7. The first-order chi connectivity index (χ1) is 16.7. The maximum Gasteiger partial charge on any atom is 0.270 e. The zero-order valence-corrected chi connectivity index (χ0v) is 21.2. The number of nitrogens with zero attached hydrogens (tertiary/aromatic N) is 4. The SMILES string of the molecule is COCCn1c(=NC(=O)C2CCCN(S(=O)(=O)c3ccc(Cl)cc3)C2)sc2cc([N+](=O)[O-])ccc21. The second kappa shape index (κ2) is 10.5. The molecule has 0 N–H and O–H groups in total. The number of carbonyl (C=O) groups excluding carboxylic acids is 1. The highest BCUT2D eigenvalue weighted by molar-refractivity contribution is 7.89. The van der Waals surface area contributed by atoms with Gasteiger partial charge in [-0.1, -0.05) is 22.9 Å². The number of fused-ring (bicyclic) bond motifs is 1. The number of thiazole rings is 1. The van der Waals surface area contributed by atoms with Crippen LogP contribution in [0.15, 0.2) is 52.4 Å². The Balaban J connectivity index is 1.64. The first kappa shape index (κ1) is 25.5. The van der Waals surface area contributed by atoms with Crippen molar-refractivity contribution in [2.24, 2.45) is 10.9 Å². The molecule has 4 rings (SSSR count). The predicted octanol–water partition coefficient (Wildman–Crippen LogP) is 3.44. The Bertz CT molecular complexity index is 1430. The van der Waals surface area contributed by atoms with Gasteiger partial charge in [0.05, 0.1) is 32.6 Å². The van der Waals surface area contributed by atoms with E-state index in [0.29, 0.717) is 52.6 Å². The minimum atomic E-state index is -3.77. The molecule has 1 atom stereocenters. The van der Waals surface area contributed by atoms with E-state index in [4.69, 9.17) is 16.3 Å². The molecule has 1 aliphatic rings. The van der Waals surface area contributed by atoms with Crippen LogP contribution in [-0.4, -0.2) is 54.9 Å². The third-order valence-corrected chi connectivity index (χ3v) is 8.96. The molecule has 1 saturated heterocycles. The monoisotopic (exact) mass is 538 g/mol. The number of methoxy groups -OCH3 is 1. The number of carbonyl (C=O) groups is 1. The van der Waals surface area contributed by atoms with Crippen LogP contribution < -0.4 is 4.80 Å². The van der Waals surface area contributed by atoms with Gasteiger partial charge in [0.2, 0.25) is 10.0 Å². The van der Waals surface area contributed by atoms with Gasteiger partial charge in [-0.3, -0.25) is 14.9 Å². The van der Waals surface area contributed by atoms with Gasteiger partial charge in [-0.05, 0) is 43.2 Å². The third-order valence-electron chi connectivity index (χ3n) is 5.79. The Labute approximate surface area is 210 Å². The Morgan fingerprint density at radius 2 is 2.03 bits per heavy atom. The summed E-state index contributed by atoms with van der Waals surface area (Å²) in [6.45, 7) is 1.11. The lowest BCUT2D eigenvalue weighted by molar-refractivity contribution is -0.384. The van der Waals surface area contributed by atoms with Gasteiger partial charge in [-0.25, -0.2) is 8.42 Å². The molecule has 1 unspecified atom stereocenters. The molecule has 0 radical (unpaired) electrons. The molecule has 0 aliphatic carbocycles. The zero-order valence-electron chi connectivity index (χ0n) is 18.8. The van der Waals surface area contributed by atoms with Gasteiger partial charge in [0.1, 0.15) is 0 Å². The van der Waals surface area contributed by atoms with Crippen LogP contribution in [0.1, 0.15) is 12.8 Å². The van der Waals surface area contributed by atoms with Crippen LogP contribution in [0.4, 0.5) is 5.69 Å². The smallest absolute Gasteiger partial charge is 0.270 e. The highest BCUT2D eigenvalue weighted by atomic mass is 35.5. The summed E-state index contributed by atoms with van der Waals surface area (Å²) in [6.07, 6.45) is 1.05. The molecule has 1 aromatic heterocycles. The highest BCUT2D eigenvalue weighted by Gasteiger charge is 2.33. The number of aromatic nitrogens is 1. The molecule has 2 aromatic carbocycles. The number of ether oxygens (including phenoxy) is 1. The predicted molar refractivity (Wildman–Crippen MR) is 132 cm³/mol. The van der Waals surface area contributed by atoms with E-state index in [0.717, 1.165) is 0 Å². The van der Waals surface area contributed by atoms with E-state index < -0.39 is 26.8 Å². The quantitative estimate of drug-likeness (QED) is 0.335. The zero-order chi connectivity index (χ0) is 25.2. The van der Waals surface area contributed by atoms with Crippen molar-refractivity contribution in [3.05, 3.63) is 62.4 Å². The fraction of sp³-hybridized carbons (Fsp3) is 0.364. The number of amides is 1. The summed E-state index contributed by atoms with van der Waals surface area (Å²) in [5.41, 5.74) is 0.658. The van der Waals surface area contributed by atoms with Gasteiger partial charge in [-0.15, -0.1) is 0 Å². The van der Waals surface area contributed by atoms with Crippen LogP contribution in [0.25, 0.3) is 10.2 Å². The highest BCUT2D eigenvalue weighted by Crippen LogP contribution is 2.26. The van der Waals surface area contributed by atoms with Crippen molar-refractivity contribution in [2.75, 3.05) is 26.8 Å². The largest absolute Gasteiger partial charge is 0.383 e. The second-order valence-electron chi connectivity index (χ2n) is 8.04. The molecule has 1 aliphatic heterocycles. The molecule has 0 spiro atoms. The lowest BCUT2D eigenvalue weighted by Gasteiger charge is -2.30. The van der Waals surface area contributed by atoms with E-state index in [-0.39, 0.29) is 17.1 Å². The van der Waals surface area contributed by atoms with Crippen LogP contribution in [0.2, 0.25) is 5.02 Å². The fourth-order valence-electron chi connectivity index (χ4n) is 3.96. The maximum absolute atomic E-state index is 13.1. The van der Waals surface area contributed by atoms with Crippen molar-refractivity contribution in [3.63, 3.8) is 0 Å². The number of rotatable bonds is 7. The molecule has 2 heterocycles. The van der Waals surface area contributed by atoms with E-state index in [1.54, 1.807) is 17.7 Å². The molecule has 1 fully saturated rings. The van der Waals surface area contributed by atoms with Crippen molar-refractivity contribution in [1.82, 2.24) is 8.87 Å². The molecular weight excluding hydrogens is 516 g/mol. The van der Waals surface area contributed by atoms with Crippen molar-refractivity contribution in [2.45, 2.75) is 24.3 Å². The van der Waals surface area contributed by atoms with Gasteiger partial charge < -0.3 is 9.30 Å². The standard InChI is InChI=1S/C22H23ClN4O6S2/c1-33-12-11-26-19-9-6-17(27(29)30)13-20(19)34-22(26)24-21(28)15-3-2-10-25(14-15)35(31,32)18-7-4-16(23)5-8-18/h4-9,13,15H,2-3,10-12,14H2,1H3. The van der Waals surface area contributed by atoms with E-state index in [1.165, 1.54) is 52.0 Å². The van der Waals surface area contributed by atoms with Gasteiger partial charge in [-0.2, -0.15) is 9.30 Å². The minimum Gasteiger partial charge on any atom is -0.383 e. The molecule has 35 heavy (non-hydrogen) atoms. The number of halogens is 1. The lowest BCUT2D eigenvalue weighted by Crippen LogP contribution is -2.42. The molecule has 13 heteroatoms. The molecule has 0 bridgehead atoms. The van der Waals surface area contributed by atoms with Crippen molar-refractivity contribution < 1.29 is 22.9 Å². The summed E-state index contributed by atoms with van der Waals surface area (Å²) in [6, 6.07) is 10.4. The van der Waals surface area contributed by atoms with Gasteiger partial charge >= 0.3 is 0 Å². The van der Waals surface area contributed by atoms with Gasteiger partial charge in [0, 0.05) is 43.9 Å². The molecule has 1 amide bonds. The number of hydrogen-bond acceptors (Lipinski definition) is 7. The van der Waals surface area contributed by atoms with Crippen LogP contribution in [0.5, 0.6) is 0 Å². The number of nitro groups is 1. The molecule has 186 valence electrons. The summed E-state index contributed by atoms with van der Waals surface area (Å²) in [7, 11) is -2.22. The van der Waals surface area contributed by atoms with E-state index >= 15 is 0 Å². The summed E-state index contributed by atoms with van der Waals surface area (Å²) in [5, 5.41) is 11.6. The first-order valence-electron chi connectivity index (χ1n) is 10.8. The number of sulfonamides is 1. The summed E-state index contributed by atoms with van der Waals surface area (Å²) in [5.74, 6) is -1.02. The van der Waals surface area contributed by atoms with Crippen molar-refractivity contribution >= 4 is 54.8 Å². The molecule has 0 saturated carbocycles. The average Bonchev–Trinajstić information content (AvgIpc) is 3.18. The molecular formula is C22H23ClN4O6S2. The first-order valence-corrected chi connectivity index (χ1v) is 13.4. The van der Waals surface area contributed by atoms with Crippen LogP contribution in [0.3, 0.4) is 0 Å². The van der Waals surface area contributed by atoms with E-state index in [1.807, 2.05) is 0 Å². The van der Waals surface area contributed by atoms with Crippen molar-refractivity contribution in [3.8, 4) is 0 Å². The molecule has 10 nitrogen and oxygen atoms in total. The average molecular weight is 539 g/mol. The Kier molecular flexibility index (Phi) is 7.67. The second-order valence-corrected chi connectivity index (χ2v) is 11.4. The number of non-ortho nitro benzene ring substituents is 1. The maximum atomic E-state index is 13.1. The third kappa shape index (κ3) is 5.46. The van der Waals surface area contributed by atoms with Gasteiger partial charge in [0.15, 0.2) is 4.80 Å². The number of piperidine rings is 1. The summed E-state index contributed by atoms with van der Waals surface area (Å²) >= 11 is 7.05.